The van der Waals surface area contributed by atoms with Crippen LogP contribution in [0.2, 0.25) is 0 Å². The minimum absolute atomic E-state index is 1.02. The normalized spacial score (nSPS) is 10.4. The molecule has 0 aliphatic heterocycles. The van der Waals surface area contributed by atoms with Crippen LogP contribution in [0.25, 0.3) is 0 Å². The molecule has 0 amide bonds. The monoisotopic (exact) mass is 212 g/mol. The van der Waals surface area contributed by atoms with E-state index in [0.717, 1.165) is 13.0 Å². The summed E-state index contributed by atoms with van der Waals surface area (Å²) in [5.74, 6) is 0. The van der Waals surface area contributed by atoms with Crippen LogP contribution in [0.1, 0.15) is 23.6 Å². The van der Waals surface area contributed by atoms with Crippen molar-refractivity contribution in [3.63, 3.8) is 0 Å². The van der Waals surface area contributed by atoms with Crippen LogP contribution >= 0.6 is 0 Å². The van der Waals surface area contributed by atoms with Gasteiger partial charge in [-0.05, 0) is 25.5 Å². The molecule has 82 valence electrons. The third-order valence-corrected chi connectivity index (χ3v) is 2.78. The number of nitrogens with zero attached hydrogens (tertiary/aromatic N) is 1. The predicted molar refractivity (Wildman–Crippen MR) is 66.3 cm³/mol. The molecule has 2 rings (SSSR count). The molecule has 0 fully saturated rings. The number of rotatable bonds is 3. The van der Waals surface area contributed by atoms with Gasteiger partial charge in [0.1, 0.15) is 6.54 Å². The molecule has 0 saturated heterocycles. The molecule has 1 heteroatoms. The van der Waals surface area contributed by atoms with E-state index in [1.165, 1.54) is 16.7 Å². The van der Waals surface area contributed by atoms with Crippen LogP contribution in [0.15, 0.2) is 48.8 Å². The highest BCUT2D eigenvalue weighted by Gasteiger charge is 2.01. The Morgan fingerprint density at radius 3 is 2.62 bits per heavy atom. The first-order valence-electron chi connectivity index (χ1n) is 5.81. The Hall–Kier alpha value is -1.63. The predicted octanol–water partition coefficient (Wildman–Crippen LogP) is 2.89. The average molecular weight is 212 g/mol. The Labute approximate surface area is 97.4 Å². The molecule has 1 heterocycles. The maximum atomic E-state index is 2.25. The van der Waals surface area contributed by atoms with Gasteiger partial charge in [-0.3, -0.25) is 0 Å². The summed E-state index contributed by atoms with van der Waals surface area (Å²) < 4.78 is 2.21. The van der Waals surface area contributed by atoms with Crippen LogP contribution in [0.5, 0.6) is 0 Å². The summed E-state index contributed by atoms with van der Waals surface area (Å²) in [6.45, 7) is 5.33. The van der Waals surface area contributed by atoms with E-state index in [2.05, 4.69) is 67.2 Å². The number of aromatic nitrogens is 1. The smallest absolute Gasteiger partial charge is 0.172 e. The van der Waals surface area contributed by atoms with Gasteiger partial charge < -0.3 is 0 Å². The van der Waals surface area contributed by atoms with E-state index >= 15 is 0 Å². The molecule has 0 saturated carbocycles. The Morgan fingerprint density at radius 1 is 1.06 bits per heavy atom. The Balaban J connectivity index is 2.20. The number of aryl methyl sites for hydroxylation is 2. The molecule has 0 radical (unpaired) electrons. The van der Waals surface area contributed by atoms with Gasteiger partial charge in [-0.15, -0.1) is 0 Å². The largest absolute Gasteiger partial charge is 0.205 e. The van der Waals surface area contributed by atoms with Crippen molar-refractivity contribution in [2.45, 2.75) is 26.8 Å². The van der Waals surface area contributed by atoms with E-state index in [4.69, 9.17) is 0 Å². The highest BCUT2D eigenvalue weighted by Crippen LogP contribution is 2.09. The van der Waals surface area contributed by atoms with E-state index in [9.17, 15) is 0 Å². The van der Waals surface area contributed by atoms with Gasteiger partial charge in [-0.25, -0.2) is 4.57 Å². The third-order valence-electron chi connectivity index (χ3n) is 2.78. The molecular weight excluding hydrogens is 194 g/mol. The Morgan fingerprint density at radius 2 is 1.88 bits per heavy atom. The Bertz CT molecular complexity index is 474. The van der Waals surface area contributed by atoms with Gasteiger partial charge in [0, 0.05) is 18.1 Å². The van der Waals surface area contributed by atoms with Gasteiger partial charge >= 0.3 is 0 Å². The zero-order valence-electron chi connectivity index (χ0n) is 9.98. The fourth-order valence-electron chi connectivity index (χ4n) is 1.94. The molecule has 0 bridgehead atoms. The molecular formula is C15H18N+. The van der Waals surface area contributed by atoms with Crippen LogP contribution < -0.4 is 4.57 Å². The third kappa shape index (κ3) is 2.69. The molecule has 1 aromatic carbocycles. The molecule has 16 heavy (non-hydrogen) atoms. The number of pyridine rings is 1. The molecule has 0 unspecified atom stereocenters. The second-order valence-corrected chi connectivity index (χ2v) is 4.21. The van der Waals surface area contributed by atoms with Gasteiger partial charge in [0.15, 0.2) is 12.4 Å². The Kier molecular flexibility index (Phi) is 3.35. The van der Waals surface area contributed by atoms with Gasteiger partial charge in [0.05, 0.1) is 0 Å². The van der Waals surface area contributed by atoms with Gasteiger partial charge in [0.25, 0.3) is 0 Å². The molecule has 2 aromatic rings. The lowest BCUT2D eigenvalue weighted by Crippen LogP contribution is -2.31. The number of hydrogen-bond donors (Lipinski definition) is 0. The molecule has 1 aromatic heterocycles. The zero-order chi connectivity index (χ0) is 11.4. The van der Waals surface area contributed by atoms with Gasteiger partial charge in [0.2, 0.25) is 0 Å². The van der Waals surface area contributed by atoms with E-state index in [1.807, 2.05) is 0 Å². The summed E-state index contributed by atoms with van der Waals surface area (Å²) >= 11 is 0. The number of hydrogen-bond acceptors (Lipinski definition) is 0. The molecule has 1 nitrogen and oxygen atoms in total. The first-order chi connectivity index (χ1) is 7.78. The lowest BCUT2D eigenvalue weighted by molar-refractivity contribution is -0.693. The maximum Gasteiger partial charge on any atom is 0.172 e. The van der Waals surface area contributed by atoms with Crippen molar-refractivity contribution in [3.05, 3.63) is 65.5 Å². The topological polar surface area (TPSA) is 3.88 Å². The van der Waals surface area contributed by atoms with Gasteiger partial charge in [-0.1, -0.05) is 29.8 Å². The van der Waals surface area contributed by atoms with Crippen molar-refractivity contribution < 1.29 is 4.57 Å². The molecule has 0 aliphatic carbocycles. The molecule has 0 spiro atoms. The quantitative estimate of drug-likeness (QED) is 0.689. The van der Waals surface area contributed by atoms with Crippen molar-refractivity contribution >= 4 is 0 Å². The maximum absolute atomic E-state index is 2.25. The highest BCUT2D eigenvalue weighted by atomic mass is 14.9. The van der Waals surface area contributed by atoms with Crippen molar-refractivity contribution in [1.82, 2.24) is 0 Å². The summed E-state index contributed by atoms with van der Waals surface area (Å²) in [6.07, 6.45) is 5.35. The lowest BCUT2D eigenvalue weighted by atomic mass is 10.0. The minimum Gasteiger partial charge on any atom is -0.205 e. The number of benzene rings is 1. The second-order valence-electron chi connectivity index (χ2n) is 4.21. The van der Waals surface area contributed by atoms with Crippen LogP contribution in [0.3, 0.4) is 0 Å². The lowest BCUT2D eigenvalue weighted by Gasteiger charge is -2.02. The van der Waals surface area contributed by atoms with E-state index in [0.29, 0.717) is 0 Å². The summed E-state index contributed by atoms with van der Waals surface area (Å²) in [6, 6.07) is 13.0. The summed E-state index contributed by atoms with van der Waals surface area (Å²) in [5.41, 5.74) is 4.08. The van der Waals surface area contributed by atoms with Crippen LogP contribution in [-0.2, 0) is 13.0 Å². The van der Waals surface area contributed by atoms with Crippen LogP contribution in [0, 0.1) is 6.92 Å². The first kappa shape index (κ1) is 10.9. The molecule has 0 N–H and O–H groups in total. The minimum atomic E-state index is 1.02. The molecule has 0 atom stereocenters. The van der Waals surface area contributed by atoms with Crippen molar-refractivity contribution in [1.29, 1.82) is 0 Å². The zero-order valence-corrected chi connectivity index (χ0v) is 9.98. The highest BCUT2D eigenvalue weighted by molar-refractivity contribution is 5.27. The second kappa shape index (κ2) is 4.93. The average Bonchev–Trinajstić information content (AvgIpc) is 2.29. The van der Waals surface area contributed by atoms with Crippen molar-refractivity contribution in [3.8, 4) is 0 Å². The van der Waals surface area contributed by atoms with E-state index in [-0.39, 0.29) is 0 Å². The first-order valence-corrected chi connectivity index (χ1v) is 5.81. The summed E-state index contributed by atoms with van der Waals surface area (Å²) in [7, 11) is 0. The standard InChI is InChI=1S/C15H18N/c1-3-16-9-5-8-15(12-16)11-14-7-4-6-13(2)10-14/h4-10,12H,3,11H2,1-2H3/q+1. The van der Waals surface area contributed by atoms with E-state index < -0.39 is 0 Å². The van der Waals surface area contributed by atoms with Crippen molar-refractivity contribution in [2.75, 3.05) is 0 Å². The fourth-order valence-corrected chi connectivity index (χ4v) is 1.94. The van der Waals surface area contributed by atoms with Gasteiger partial charge in [-0.2, -0.15) is 0 Å². The van der Waals surface area contributed by atoms with E-state index in [1.54, 1.807) is 0 Å². The SMILES string of the molecule is CC[n+]1cccc(Cc2cccc(C)c2)c1. The summed E-state index contributed by atoms with van der Waals surface area (Å²) in [5, 5.41) is 0. The van der Waals surface area contributed by atoms with Crippen LogP contribution in [-0.4, -0.2) is 0 Å². The van der Waals surface area contributed by atoms with Crippen LogP contribution in [0.4, 0.5) is 0 Å². The summed E-state index contributed by atoms with van der Waals surface area (Å²) in [4.78, 5) is 0. The fraction of sp³-hybridized carbons (Fsp3) is 0.267. The molecule has 0 aliphatic rings. The van der Waals surface area contributed by atoms with Crippen molar-refractivity contribution in [2.24, 2.45) is 0 Å².